The maximum Gasteiger partial charge on any atom is 0.204 e. The first-order valence-corrected chi connectivity index (χ1v) is 7.18. The van der Waals surface area contributed by atoms with Crippen LogP contribution in [0.5, 0.6) is 17.2 Å². The molecular weight excluding hydrogens is 292 g/mol. The minimum atomic E-state index is -0.164. The highest BCUT2D eigenvalue weighted by Crippen LogP contribution is 2.39. The number of ether oxygens (including phenoxy) is 3. The number of ketones is 1. The Morgan fingerprint density at radius 1 is 0.870 bits per heavy atom. The first-order valence-electron chi connectivity index (χ1n) is 7.18. The van der Waals surface area contributed by atoms with Crippen LogP contribution in [-0.4, -0.2) is 27.1 Å². The molecule has 23 heavy (non-hydrogen) atoms. The number of allylic oxidation sites excluding steroid dienone is 1. The second-order valence-corrected chi connectivity index (χ2v) is 4.99. The van der Waals surface area contributed by atoms with Crippen LogP contribution in [0.15, 0.2) is 42.5 Å². The van der Waals surface area contributed by atoms with Gasteiger partial charge in [0.25, 0.3) is 0 Å². The molecule has 0 fully saturated rings. The van der Waals surface area contributed by atoms with Crippen LogP contribution in [0.1, 0.15) is 21.5 Å². The topological polar surface area (TPSA) is 44.8 Å². The van der Waals surface area contributed by atoms with Gasteiger partial charge in [0.15, 0.2) is 17.3 Å². The summed E-state index contributed by atoms with van der Waals surface area (Å²) in [6, 6.07) is 11.3. The largest absolute Gasteiger partial charge is 0.493 e. The summed E-state index contributed by atoms with van der Waals surface area (Å²) < 4.78 is 15.9. The van der Waals surface area contributed by atoms with Crippen molar-refractivity contribution >= 4 is 11.9 Å². The monoisotopic (exact) mass is 312 g/mol. The van der Waals surface area contributed by atoms with E-state index in [0.717, 1.165) is 5.56 Å². The second-order valence-electron chi connectivity index (χ2n) is 4.99. The van der Waals surface area contributed by atoms with Crippen molar-refractivity contribution in [3.63, 3.8) is 0 Å². The van der Waals surface area contributed by atoms with Gasteiger partial charge >= 0.3 is 0 Å². The lowest BCUT2D eigenvalue weighted by Gasteiger charge is -2.14. The maximum atomic E-state index is 12.5. The lowest BCUT2D eigenvalue weighted by Crippen LogP contribution is -2.02. The van der Waals surface area contributed by atoms with Crippen molar-refractivity contribution in [3.8, 4) is 17.2 Å². The minimum Gasteiger partial charge on any atom is -0.493 e. The van der Waals surface area contributed by atoms with E-state index in [2.05, 4.69) is 0 Å². The van der Waals surface area contributed by atoms with E-state index in [0.29, 0.717) is 22.8 Å². The van der Waals surface area contributed by atoms with Crippen LogP contribution in [0.25, 0.3) is 6.08 Å². The molecule has 2 aromatic rings. The Hall–Kier alpha value is -2.75. The molecule has 4 nitrogen and oxygen atoms in total. The third-order valence-electron chi connectivity index (χ3n) is 3.47. The normalized spacial score (nSPS) is 10.6. The average molecular weight is 312 g/mol. The molecule has 2 rings (SSSR count). The van der Waals surface area contributed by atoms with Crippen LogP contribution in [0, 0.1) is 6.92 Å². The average Bonchev–Trinajstić information content (AvgIpc) is 2.59. The van der Waals surface area contributed by atoms with Gasteiger partial charge in [-0.3, -0.25) is 4.79 Å². The molecule has 0 N–H and O–H groups in total. The number of carbonyl (C=O) groups excluding carboxylic acids is 1. The van der Waals surface area contributed by atoms with Crippen molar-refractivity contribution in [2.75, 3.05) is 21.3 Å². The fourth-order valence-corrected chi connectivity index (χ4v) is 2.23. The van der Waals surface area contributed by atoms with Crippen LogP contribution in [-0.2, 0) is 0 Å². The summed E-state index contributed by atoms with van der Waals surface area (Å²) in [5.74, 6) is 1.13. The van der Waals surface area contributed by atoms with Crippen molar-refractivity contribution in [1.82, 2.24) is 0 Å². The molecule has 0 unspecified atom stereocenters. The van der Waals surface area contributed by atoms with E-state index in [1.54, 1.807) is 18.2 Å². The van der Waals surface area contributed by atoms with Crippen LogP contribution in [0.4, 0.5) is 0 Å². The Morgan fingerprint density at radius 3 is 2.09 bits per heavy atom. The molecule has 0 atom stereocenters. The molecule has 0 aromatic heterocycles. The van der Waals surface area contributed by atoms with Crippen LogP contribution in [0.2, 0.25) is 0 Å². The van der Waals surface area contributed by atoms with E-state index in [1.165, 1.54) is 33.0 Å². The Labute approximate surface area is 136 Å². The van der Waals surface area contributed by atoms with Gasteiger partial charge in [-0.15, -0.1) is 0 Å². The van der Waals surface area contributed by atoms with Crippen molar-refractivity contribution in [2.45, 2.75) is 6.92 Å². The molecular formula is C19H20O4. The highest BCUT2D eigenvalue weighted by Gasteiger charge is 2.19. The molecule has 0 heterocycles. The van der Waals surface area contributed by atoms with Crippen LogP contribution >= 0.6 is 0 Å². The van der Waals surface area contributed by atoms with Crippen molar-refractivity contribution in [2.24, 2.45) is 0 Å². The van der Waals surface area contributed by atoms with E-state index in [4.69, 9.17) is 14.2 Å². The highest BCUT2D eigenvalue weighted by atomic mass is 16.5. The highest BCUT2D eigenvalue weighted by molar-refractivity contribution is 6.09. The summed E-state index contributed by atoms with van der Waals surface area (Å²) in [6.07, 6.45) is 3.30. The number of methoxy groups -OCH3 is 3. The molecule has 0 radical (unpaired) electrons. The van der Waals surface area contributed by atoms with Gasteiger partial charge in [-0.05, 0) is 30.7 Å². The smallest absolute Gasteiger partial charge is 0.204 e. The summed E-state index contributed by atoms with van der Waals surface area (Å²) in [5.41, 5.74) is 2.56. The Bertz CT molecular complexity index is 715. The predicted octanol–water partition coefficient (Wildman–Crippen LogP) is 3.92. The van der Waals surface area contributed by atoms with Gasteiger partial charge in [-0.25, -0.2) is 0 Å². The molecule has 120 valence electrons. The summed E-state index contributed by atoms with van der Waals surface area (Å²) in [6.45, 7) is 2.02. The molecule has 0 saturated heterocycles. The molecule has 0 spiro atoms. The molecule has 0 saturated carbocycles. The lowest BCUT2D eigenvalue weighted by atomic mass is 10.1. The number of hydrogen-bond donors (Lipinski definition) is 0. The Morgan fingerprint density at radius 2 is 1.52 bits per heavy atom. The van der Waals surface area contributed by atoms with Gasteiger partial charge in [0.05, 0.1) is 26.9 Å². The molecule has 0 aliphatic rings. The predicted molar refractivity (Wildman–Crippen MR) is 90.6 cm³/mol. The second kappa shape index (κ2) is 7.49. The standard InChI is InChI=1S/C19H20O4/c1-13-5-7-14(8-6-13)9-11-16(20)15-10-12-17(21-2)19(23-4)18(15)22-3/h5-12H,1-4H3/b11-9+. The molecule has 0 bridgehead atoms. The van der Waals surface area contributed by atoms with Gasteiger partial charge < -0.3 is 14.2 Å². The zero-order chi connectivity index (χ0) is 16.8. The zero-order valence-electron chi connectivity index (χ0n) is 13.8. The third kappa shape index (κ3) is 3.72. The van der Waals surface area contributed by atoms with Gasteiger partial charge in [0.2, 0.25) is 5.75 Å². The Kier molecular flexibility index (Phi) is 5.41. The molecule has 2 aromatic carbocycles. The van der Waals surface area contributed by atoms with Crippen LogP contribution < -0.4 is 14.2 Å². The fourth-order valence-electron chi connectivity index (χ4n) is 2.23. The Balaban J connectivity index is 2.33. The number of carbonyl (C=O) groups is 1. The lowest BCUT2D eigenvalue weighted by molar-refractivity contribution is 0.104. The first-order chi connectivity index (χ1) is 11.1. The number of rotatable bonds is 6. The molecule has 0 aliphatic heterocycles. The summed E-state index contributed by atoms with van der Waals surface area (Å²) >= 11 is 0. The van der Waals surface area contributed by atoms with Gasteiger partial charge in [-0.2, -0.15) is 0 Å². The molecule has 4 heteroatoms. The van der Waals surface area contributed by atoms with Gasteiger partial charge in [0.1, 0.15) is 0 Å². The van der Waals surface area contributed by atoms with Gasteiger partial charge in [0, 0.05) is 0 Å². The summed E-state index contributed by atoms with van der Waals surface area (Å²) in [4.78, 5) is 12.5. The zero-order valence-corrected chi connectivity index (χ0v) is 13.8. The van der Waals surface area contributed by atoms with Crippen molar-refractivity contribution < 1.29 is 19.0 Å². The van der Waals surface area contributed by atoms with Crippen molar-refractivity contribution in [3.05, 3.63) is 59.2 Å². The summed E-state index contributed by atoms with van der Waals surface area (Å²) in [7, 11) is 4.55. The minimum absolute atomic E-state index is 0.164. The SMILES string of the molecule is COc1ccc(C(=O)/C=C/c2ccc(C)cc2)c(OC)c1OC. The van der Waals surface area contributed by atoms with Gasteiger partial charge in [-0.1, -0.05) is 35.9 Å². The van der Waals surface area contributed by atoms with Crippen molar-refractivity contribution in [1.29, 1.82) is 0 Å². The fraction of sp³-hybridized carbons (Fsp3) is 0.211. The third-order valence-corrected chi connectivity index (χ3v) is 3.47. The first kappa shape index (κ1) is 16.6. The van der Waals surface area contributed by atoms with E-state index < -0.39 is 0 Å². The maximum absolute atomic E-state index is 12.5. The molecule has 0 aliphatic carbocycles. The van der Waals surface area contributed by atoms with E-state index in [-0.39, 0.29) is 5.78 Å². The van der Waals surface area contributed by atoms with E-state index in [1.807, 2.05) is 31.2 Å². The number of hydrogen-bond acceptors (Lipinski definition) is 4. The number of benzene rings is 2. The van der Waals surface area contributed by atoms with Crippen LogP contribution in [0.3, 0.4) is 0 Å². The number of aryl methyl sites for hydroxylation is 1. The van der Waals surface area contributed by atoms with E-state index in [9.17, 15) is 4.79 Å². The summed E-state index contributed by atoms with van der Waals surface area (Å²) in [5, 5.41) is 0. The molecule has 0 amide bonds. The quantitative estimate of drug-likeness (QED) is 0.599. The van der Waals surface area contributed by atoms with E-state index >= 15 is 0 Å².